The Bertz CT molecular complexity index is 576. The maximum atomic E-state index is 13.5. The van der Waals surface area contributed by atoms with Gasteiger partial charge in [-0.25, -0.2) is 4.39 Å². The highest BCUT2D eigenvalue weighted by Crippen LogP contribution is 2.25. The summed E-state index contributed by atoms with van der Waals surface area (Å²) in [6.45, 7) is 3.58. The summed E-state index contributed by atoms with van der Waals surface area (Å²) < 4.78 is 32.0. The molecule has 1 heterocycles. The third kappa shape index (κ3) is 3.74. The van der Waals surface area contributed by atoms with Gasteiger partial charge in [-0.15, -0.1) is 0 Å². The molecule has 0 saturated heterocycles. The van der Waals surface area contributed by atoms with E-state index in [0.29, 0.717) is 12.3 Å². The molecule has 0 radical (unpaired) electrons. The second kappa shape index (κ2) is 6.96. The minimum absolute atomic E-state index is 0.135. The largest absolute Gasteiger partial charge is 0.454 e. The van der Waals surface area contributed by atoms with Crippen LogP contribution in [0.2, 0.25) is 0 Å². The zero-order valence-electron chi connectivity index (χ0n) is 11.2. The molecule has 0 bridgehead atoms. The Morgan fingerprint density at radius 1 is 1.25 bits per heavy atom. The number of ether oxygens (including phenoxy) is 1. The molecule has 0 spiro atoms. The molecule has 0 aliphatic rings. The van der Waals surface area contributed by atoms with E-state index >= 15 is 0 Å². The lowest BCUT2D eigenvalue weighted by atomic mass is 10.3. The molecule has 0 fully saturated rings. The van der Waals surface area contributed by atoms with Crippen molar-refractivity contribution < 1.29 is 13.5 Å². The first-order chi connectivity index (χ1) is 9.70. The first-order valence-electron chi connectivity index (χ1n) is 6.48. The predicted octanol–water partition coefficient (Wildman–Crippen LogP) is 3.65. The van der Waals surface area contributed by atoms with Gasteiger partial charge in [0.05, 0.1) is 5.69 Å². The van der Waals surface area contributed by atoms with Crippen molar-refractivity contribution in [1.29, 1.82) is 0 Å². The van der Waals surface area contributed by atoms with Crippen molar-refractivity contribution in [2.75, 3.05) is 6.54 Å². The average Bonchev–Trinajstić information content (AvgIpc) is 2.45. The molecule has 0 unspecified atom stereocenters. The van der Waals surface area contributed by atoms with Crippen LogP contribution in [-0.2, 0) is 6.54 Å². The minimum atomic E-state index is -0.991. The lowest BCUT2D eigenvalue weighted by Gasteiger charge is -2.08. The van der Waals surface area contributed by atoms with Gasteiger partial charge in [-0.1, -0.05) is 13.0 Å². The van der Waals surface area contributed by atoms with E-state index in [9.17, 15) is 8.78 Å². The van der Waals surface area contributed by atoms with E-state index in [2.05, 4.69) is 17.2 Å². The summed E-state index contributed by atoms with van der Waals surface area (Å²) in [5.41, 5.74) is 0.785. The fourth-order valence-electron chi connectivity index (χ4n) is 1.70. The topological polar surface area (TPSA) is 34.1 Å². The molecular formula is C15H16F2N2O. The van der Waals surface area contributed by atoms with Crippen molar-refractivity contribution >= 4 is 0 Å². The van der Waals surface area contributed by atoms with Crippen LogP contribution in [0.5, 0.6) is 11.5 Å². The number of hydrogen-bond acceptors (Lipinski definition) is 3. The van der Waals surface area contributed by atoms with Crippen molar-refractivity contribution in [3.05, 3.63) is 53.9 Å². The predicted molar refractivity (Wildman–Crippen MR) is 72.7 cm³/mol. The van der Waals surface area contributed by atoms with Crippen LogP contribution in [0.15, 0.2) is 36.5 Å². The summed E-state index contributed by atoms with van der Waals surface area (Å²) in [6.07, 6.45) is 2.61. The molecule has 5 heteroatoms. The molecule has 2 aromatic rings. The van der Waals surface area contributed by atoms with Crippen molar-refractivity contribution in [3.8, 4) is 11.5 Å². The van der Waals surface area contributed by atoms with E-state index in [1.807, 2.05) is 0 Å². The number of nitrogens with one attached hydrogen (secondary N) is 1. The summed E-state index contributed by atoms with van der Waals surface area (Å²) in [7, 11) is 0. The lowest BCUT2D eigenvalue weighted by molar-refractivity contribution is 0.415. The zero-order valence-corrected chi connectivity index (χ0v) is 11.2. The van der Waals surface area contributed by atoms with Gasteiger partial charge >= 0.3 is 0 Å². The maximum absolute atomic E-state index is 13.5. The van der Waals surface area contributed by atoms with E-state index in [1.54, 1.807) is 18.3 Å². The molecule has 0 aliphatic heterocycles. The Labute approximate surface area is 116 Å². The first-order valence-corrected chi connectivity index (χ1v) is 6.48. The highest BCUT2D eigenvalue weighted by atomic mass is 19.2. The van der Waals surface area contributed by atoms with Crippen LogP contribution in [0.4, 0.5) is 8.78 Å². The number of hydrogen-bond donors (Lipinski definition) is 1. The molecule has 1 aromatic heterocycles. The lowest BCUT2D eigenvalue weighted by Crippen LogP contribution is -2.14. The second-order valence-corrected chi connectivity index (χ2v) is 4.31. The van der Waals surface area contributed by atoms with E-state index in [-0.39, 0.29) is 5.75 Å². The number of pyridine rings is 1. The van der Waals surface area contributed by atoms with Crippen molar-refractivity contribution in [2.24, 2.45) is 0 Å². The number of benzene rings is 1. The van der Waals surface area contributed by atoms with E-state index in [0.717, 1.165) is 24.7 Å². The maximum Gasteiger partial charge on any atom is 0.201 e. The Morgan fingerprint density at radius 3 is 2.90 bits per heavy atom. The van der Waals surface area contributed by atoms with Gasteiger partial charge in [-0.2, -0.15) is 4.39 Å². The fourth-order valence-corrected chi connectivity index (χ4v) is 1.70. The van der Waals surface area contributed by atoms with Crippen LogP contribution < -0.4 is 10.1 Å². The van der Waals surface area contributed by atoms with E-state index in [1.165, 1.54) is 12.1 Å². The summed E-state index contributed by atoms with van der Waals surface area (Å²) >= 11 is 0. The highest BCUT2D eigenvalue weighted by molar-refractivity contribution is 5.32. The van der Waals surface area contributed by atoms with Gasteiger partial charge < -0.3 is 10.1 Å². The molecule has 106 valence electrons. The molecule has 1 N–H and O–H groups in total. The number of aromatic nitrogens is 1. The molecule has 0 amide bonds. The molecule has 0 atom stereocenters. The van der Waals surface area contributed by atoms with Gasteiger partial charge in [0.25, 0.3) is 0 Å². The van der Waals surface area contributed by atoms with Gasteiger partial charge in [-0.05, 0) is 31.2 Å². The molecule has 2 rings (SSSR count). The number of halogens is 2. The average molecular weight is 278 g/mol. The van der Waals surface area contributed by atoms with Gasteiger partial charge in [0.15, 0.2) is 11.6 Å². The molecule has 1 aromatic carbocycles. The first kappa shape index (κ1) is 14.4. The Hall–Kier alpha value is -2.01. The van der Waals surface area contributed by atoms with Crippen LogP contribution in [0, 0.1) is 11.6 Å². The SMILES string of the molecule is CCCNCc1cc(Oc2cccc(F)c2F)ccn1. The molecule has 0 saturated carbocycles. The zero-order chi connectivity index (χ0) is 14.4. The molecular weight excluding hydrogens is 262 g/mol. The minimum Gasteiger partial charge on any atom is -0.454 e. The van der Waals surface area contributed by atoms with Gasteiger partial charge in [0.2, 0.25) is 5.82 Å². The molecule has 20 heavy (non-hydrogen) atoms. The van der Waals surface area contributed by atoms with Crippen molar-refractivity contribution in [2.45, 2.75) is 19.9 Å². The smallest absolute Gasteiger partial charge is 0.201 e. The quantitative estimate of drug-likeness (QED) is 0.819. The van der Waals surface area contributed by atoms with Crippen LogP contribution in [0.25, 0.3) is 0 Å². The summed E-state index contributed by atoms with van der Waals surface area (Å²) in [5.74, 6) is -1.63. The van der Waals surface area contributed by atoms with Gasteiger partial charge in [0.1, 0.15) is 5.75 Å². The normalized spacial score (nSPS) is 10.6. The molecule has 3 nitrogen and oxygen atoms in total. The standard InChI is InChI=1S/C15H16F2N2O/c1-2-7-18-10-11-9-12(6-8-19-11)20-14-5-3-4-13(16)15(14)17/h3-6,8-9,18H,2,7,10H2,1H3. The fraction of sp³-hybridized carbons (Fsp3) is 0.267. The van der Waals surface area contributed by atoms with Crippen LogP contribution >= 0.6 is 0 Å². The summed E-state index contributed by atoms with van der Waals surface area (Å²) in [6, 6.07) is 7.14. The molecule has 0 aliphatic carbocycles. The Balaban J connectivity index is 2.09. The van der Waals surface area contributed by atoms with Crippen molar-refractivity contribution in [3.63, 3.8) is 0 Å². The van der Waals surface area contributed by atoms with E-state index in [4.69, 9.17) is 4.74 Å². The van der Waals surface area contributed by atoms with Crippen LogP contribution in [-0.4, -0.2) is 11.5 Å². The van der Waals surface area contributed by atoms with Gasteiger partial charge in [0, 0.05) is 18.8 Å². The number of rotatable bonds is 6. The Morgan fingerprint density at radius 2 is 2.10 bits per heavy atom. The monoisotopic (exact) mass is 278 g/mol. The highest BCUT2D eigenvalue weighted by Gasteiger charge is 2.09. The van der Waals surface area contributed by atoms with Crippen LogP contribution in [0.1, 0.15) is 19.0 Å². The van der Waals surface area contributed by atoms with Crippen molar-refractivity contribution in [1.82, 2.24) is 10.3 Å². The third-order valence-electron chi connectivity index (χ3n) is 2.66. The summed E-state index contributed by atoms with van der Waals surface area (Å²) in [4.78, 5) is 4.18. The van der Waals surface area contributed by atoms with Gasteiger partial charge in [-0.3, -0.25) is 4.98 Å². The third-order valence-corrected chi connectivity index (χ3v) is 2.66. The van der Waals surface area contributed by atoms with Crippen LogP contribution in [0.3, 0.4) is 0 Å². The Kier molecular flexibility index (Phi) is 5.01. The van der Waals surface area contributed by atoms with E-state index < -0.39 is 11.6 Å². The second-order valence-electron chi connectivity index (χ2n) is 4.31. The number of nitrogens with zero attached hydrogens (tertiary/aromatic N) is 1. The summed E-state index contributed by atoms with van der Waals surface area (Å²) in [5, 5.41) is 3.21.